The monoisotopic (exact) mass is 292 g/mol. The number of likely N-dealkylation sites (N-methyl/N-ethyl adjacent to an activating group) is 1. The summed E-state index contributed by atoms with van der Waals surface area (Å²) < 4.78 is 5.45. The van der Waals surface area contributed by atoms with Crippen LogP contribution in [0.4, 0.5) is 5.82 Å². The van der Waals surface area contributed by atoms with Crippen LogP contribution in [0.25, 0.3) is 0 Å². The Labute approximate surface area is 125 Å². The second-order valence-electron chi connectivity index (χ2n) is 5.06. The molecule has 0 spiro atoms. The molecule has 0 radical (unpaired) electrons. The minimum absolute atomic E-state index is 0.0344. The van der Waals surface area contributed by atoms with Gasteiger partial charge in [0.25, 0.3) is 0 Å². The van der Waals surface area contributed by atoms with Crippen LogP contribution >= 0.6 is 0 Å². The zero-order valence-electron chi connectivity index (χ0n) is 12.8. The molecule has 1 fully saturated rings. The van der Waals surface area contributed by atoms with Crippen LogP contribution in [0.1, 0.15) is 18.9 Å². The normalized spacial score (nSPS) is 18.6. The van der Waals surface area contributed by atoms with Gasteiger partial charge in [0.05, 0.1) is 13.2 Å². The van der Waals surface area contributed by atoms with Gasteiger partial charge in [-0.3, -0.25) is 4.79 Å². The molecule has 1 aromatic heterocycles. The van der Waals surface area contributed by atoms with E-state index < -0.39 is 0 Å². The average Bonchev–Trinajstić information content (AvgIpc) is 2.55. The van der Waals surface area contributed by atoms with Crippen molar-refractivity contribution >= 4 is 11.7 Å². The van der Waals surface area contributed by atoms with E-state index in [1.807, 2.05) is 11.0 Å². The lowest BCUT2D eigenvalue weighted by molar-refractivity contribution is -0.124. The SMILES string of the molecule is CCCNCc1cccnc1N1CCOCC1C(=O)NC. The lowest BCUT2D eigenvalue weighted by atomic mass is 10.1. The number of anilines is 1. The van der Waals surface area contributed by atoms with Crippen LogP contribution in [0.2, 0.25) is 0 Å². The summed E-state index contributed by atoms with van der Waals surface area (Å²) in [6, 6.07) is 3.67. The number of aromatic nitrogens is 1. The minimum Gasteiger partial charge on any atom is -0.377 e. The van der Waals surface area contributed by atoms with E-state index in [9.17, 15) is 4.79 Å². The largest absolute Gasteiger partial charge is 0.377 e. The Morgan fingerprint density at radius 3 is 3.19 bits per heavy atom. The summed E-state index contributed by atoms with van der Waals surface area (Å²) in [6.07, 6.45) is 2.86. The van der Waals surface area contributed by atoms with Gasteiger partial charge in [-0.1, -0.05) is 13.0 Å². The van der Waals surface area contributed by atoms with Gasteiger partial charge in [0, 0.05) is 31.9 Å². The third kappa shape index (κ3) is 3.92. The van der Waals surface area contributed by atoms with Gasteiger partial charge in [0.15, 0.2) is 0 Å². The summed E-state index contributed by atoms with van der Waals surface area (Å²) in [4.78, 5) is 18.6. The summed E-state index contributed by atoms with van der Waals surface area (Å²) in [6.45, 7) is 5.56. The van der Waals surface area contributed by atoms with Crippen molar-refractivity contribution in [3.8, 4) is 0 Å². The van der Waals surface area contributed by atoms with Gasteiger partial charge in [-0.05, 0) is 19.0 Å². The van der Waals surface area contributed by atoms with Crippen molar-refractivity contribution in [2.24, 2.45) is 0 Å². The Balaban J connectivity index is 2.19. The summed E-state index contributed by atoms with van der Waals surface area (Å²) in [5.41, 5.74) is 1.11. The summed E-state index contributed by atoms with van der Waals surface area (Å²) in [5.74, 6) is 0.839. The molecule has 0 aromatic carbocycles. The van der Waals surface area contributed by atoms with Crippen molar-refractivity contribution < 1.29 is 9.53 Å². The molecule has 2 heterocycles. The van der Waals surface area contributed by atoms with E-state index in [1.165, 1.54) is 0 Å². The molecule has 1 unspecified atom stereocenters. The molecule has 2 rings (SSSR count). The van der Waals surface area contributed by atoms with Gasteiger partial charge >= 0.3 is 0 Å². The van der Waals surface area contributed by atoms with Crippen LogP contribution in [-0.4, -0.2) is 50.3 Å². The molecule has 1 amide bonds. The van der Waals surface area contributed by atoms with Crippen LogP contribution in [0, 0.1) is 0 Å². The van der Waals surface area contributed by atoms with E-state index in [0.717, 1.165) is 30.9 Å². The van der Waals surface area contributed by atoms with Crippen molar-refractivity contribution in [3.63, 3.8) is 0 Å². The van der Waals surface area contributed by atoms with E-state index in [0.29, 0.717) is 19.8 Å². The zero-order chi connectivity index (χ0) is 15.1. The van der Waals surface area contributed by atoms with Crippen LogP contribution in [0.3, 0.4) is 0 Å². The second-order valence-corrected chi connectivity index (χ2v) is 5.06. The number of morpholine rings is 1. The highest BCUT2D eigenvalue weighted by Crippen LogP contribution is 2.22. The maximum Gasteiger partial charge on any atom is 0.244 e. The molecule has 1 aromatic rings. The molecule has 1 aliphatic heterocycles. The standard InChI is InChI=1S/C15H24N4O2/c1-3-6-17-10-12-5-4-7-18-14(12)19-8-9-21-11-13(19)15(20)16-2/h4-5,7,13,17H,3,6,8-11H2,1-2H3,(H,16,20). The Morgan fingerprint density at radius 2 is 2.43 bits per heavy atom. The van der Waals surface area contributed by atoms with E-state index in [-0.39, 0.29) is 11.9 Å². The fraction of sp³-hybridized carbons (Fsp3) is 0.600. The summed E-state index contributed by atoms with van der Waals surface area (Å²) in [7, 11) is 1.65. The maximum absolute atomic E-state index is 12.0. The van der Waals surface area contributed by atoms with Gasteiger partial charge in [0.1, 0.15) is 11.9 Å². The first kappa shape index (κ1) is 15.7. The van der Waals surface area contributed by atoms with Gasteiger partial charge in [-0.25, -0.2) is 4.98 Å². The Kier molecular flexibility index (Phi) is 5.95. The number of amides is 1. The number of hydrogen-bond donors (Lipinski definition) is 2. The molecular weight excluding hydrogens is 268 g/mol. The van der Waals surface area contributed by atoms with Gasteiger partial charge < -0.3 is 20.3 Å². The van der Waals surface area contributed by atoms with Crippen LogP contribution in [-0.2, 0) is 16.1 Å². The number of hydrogen-bond acceptors (Lipinski definition) is 5. The zero-order valence-corrected chi connectivity index (χ0v) is 12.8. The summed E-state index contributed by atoms with van der Waals surface area (Å²) in [5, 5.41) is 6.09. The number of nitrogens with one attached hydrogen (secondary N) is 2. The third-order valence-corrected chi connectivity index (χ3v) is 3.56. The Bertz CT molecular complexity index is 467. The van der Waals surface area contributed by atoms with Crippen molar-refractivity contribution in [1.82, 2.24) is 15.6 Å². The number of carbonyl (C=O) groups is 1. The molecule has 0 aliphatic carbocycles. The molecule has 0 saturated carbocycles. The highest BCUT2D eigenvalue weighted by atomic mass is 16.5. The molecule has 6 heteroatoms. The van der Waals surface area contributed by atoms with E-state index in [1.54, 1.807) is 13.2 Å². The van der Waals surface area contributed by atoms with Crippen molar-refractivity contribution in [2.75, 3.05) is 38.3 Å². The van der Waals surface area contributed by atoms with Crippen molar-refractivity contribution in [3.05, 3.63) is 23.9 Å². The van der Waals surface area contributed by atoms with Crippen LogP contribution in [0.15, 0.2) is 18.3 Å². The van der Waals surface area contributed by atoms with E-state index in [2.05, 4.69) is 28.6 Å². The molecule has 6 nitrogen and oxygen atoms in total. The highest BCUT2D eigenvalue weighted by Gasteiger charge is 2.30. The predicted molar refractivity (Wildman–Crippen MR) is 82.3 cm³/mol. The second kappa shape index (κ2) is 7.95. The van der Waals surface area contributed by atoms with E-state index >= 15 is 0 Å². The van der Waals surface area contributed by atoms with Gasteiger partial charge in [0.2, 0.25) is 5.91 Å². The summed E-state index contributed by atoms with van der Waals surface area (Å²) >= 11 is 0. The van der Waals surface area contributed by atoms with Crippen LogP contribution < -0.4 is 15.5 Å². The Hall–Kier alpha value is -1.66. The Morgan fingerprint density at radius 1 is 1.57 bits per heavy atom. The third-order valence-electron chi connectivity index (χ3n) is 3.56. The quantitative estimate of drug-likeness (QED) is 0.749. The number of rotatable bonds is 6. The molecule has 21 heavy (non-hydrogen) atoms. The first-order valence-corrected chi connectivity index (χ1v) is 7.48. The van der Waals surface area contributed by atoms with Crippen molar-refractivity contribution in [2.45, 2.75) is 25.9 Å². The minimum atomic E-state index is -0.316. The molecule has 116 valence electrons. The molecule has 2 N–H and O–H groups in total. The smallest absolute Gasteiger partial charge is 0.244 e. The maximum atomic E-state index is 12.0. The highest BCUT2D eigenvalue weighted by molar-refractivity contribution is 5.85. The predicted octanol–water partition coefficient (Wildman–Crippen LogP) is 0.532. The number of pyridine rings is 1. The molecular formula is C15H24N4O2. The first-order valence-electron chi connectivity index (χ1n) is 7.48. The number of nitrogens with zero attached hydrogens (tertiary/aromatic N) is 2. The van der Waals surface area contributed by atoms with Crippen LogP contribution in [0.5, 0.6) is 0 Å². The number of carbonyl (C=O) groups excluding carboxylic acids is 1. The lowest BCUT2D eigenvalue weighted by Gasteiger charge is -2.36. The fourth-order valence-electron chi connectivity index (χ4n) is 2.47. The fourth-order valence-corrected chi connectivity index (χ4v) is 2.47. The molecule has 1 aliphatic rings. The average molecular weight is 292 g/mol. The van der Waals surface area contributed by atoms with Gasteiger partial charge in [-0.2, -0.15) is 0 Å². The molecule has 0 bridgehead atoms. The van der Waals surface area contributed by atoms with Gasteiger partial charge in [-0.15, -0.1) is 0 Å². The first-order chi connectivity index (χ1) is 10.3. The lowest BCUT2D eigenvalue weighted by Crippen LogP contribution is -2.54. The molecule has 1 atom stereocenters. The molecule has 1 saturated heterocycles. The number of ether oxygens (including phenoxy) is 1. The topological polar surface area (TPSA) is 66.5 Å². The van der Waals surface area contributed by atoms with Crippen molar-refractivity contribution in [1.29, 1.82) is 0 Å². The van der Waals surface area contributed by atoms with E-state index in [4.69, 9.17) is 4.74 Å².